The van der Waals surface area contributed by atoms with Crippen LogP contribution in [0.2, 0.25) is 0 Å². The van der Waals surface area contributed by atoms with Crippen LogP contribution in [-0.2, 0) is 6.42 Å². The van der Waals surface area contributed by atoms with Gasteiger partial charge in [-0.2, -0.15) is 5.26 Å². The second kappa shape index (κ2) is 8.63. The van der Waals surface area contributed by atoms with Crippen LogP contribution in [-0.4, -0.2) is 0 Å². The van der Waals surface area contributed by atoms with E-state index in [0.717, 1.165) is 22.9 Å². The molecule has 0 saturated carbocycles. The van der Waals surface area contributed by atoms with Gasteiger partial charge in [-0.05, 0) is 47.1 Å². The molecular weight excluding hydrogens is 321 g/mol. The maximum atomic E-state index is 14.2. The molecule has 0 spiro atoms. The summed E-state index contributed by atoms with van der Waals surface area (Å²) in [6, 6.07) is 19.6. The Morgan fingerprint density at radius 3 is 2.31 bits per heavy atom. The highest BCUT2D eigenvalue weighted by molar-refractivity contribution is 5.88. The van der Waals surface area contributed by atoms with E-state index in [1.807, 2.05) is 24.3 Å². The van der Waals surface area contributed by atoms with Gasteiger partial charge in [0, 0.05) is 5.39 Å². The first kappa shape index (κ1) is 18.1. The summed E-state index contributed by atoms with van der Waals surface area (Å²) in [7, 11) is 0. The van der Waals surface area contributed by atoms with Crippen LogP contribution in [0.4, 0.5) is 4.39 Å². The lowest BCUT2D eigenvalue weighted by Crippen LogP contribution is -1.88. The third kappa shape index (κ3) is 4.11. The topological polar surface area (TPSA) is 23.8 Å². The van der Waals surface area contributed by atoms with Crippen molar-refractivity contribution in [3.8, 4) is 17.2 Å². The molecule has 0 aromatic heterocycles. The SMILES string of the molecule is CCCCCCCc1ccc(-c2ccc3c(F)c(C#N)ccc3c2)cc1. The van der Waals surface area contributed by atoms with Crippen LogP contribution in [0.15, 0.2) is 54.6 Å². The Bertz CT molecular complexity index is 919. The lowest BCUT2D eigenvalue weighted by Gasteiger charge is -2.07. The van der Waals surface area contributed by atoms with E-state index in [0.29, 0.717) is 5.39 Å². The average Bonchev–Trinajstić information content (AvgIpc) is 2.68. The minimum Gasteiger partial charge on any atom is -0.205 e. The molecule has 0 bridgehead atoms. The standard InChI is InChI=1S/C24H24FN/c1-2-3-4-5-6-7-18-8-10-19(11-9-18)20-14-15-23-21(16-20)12-13-22(17-26)24(23)25/h8-16H,2-7H2,1H3. The Balaban J connectivity index is 1.74. The minimum atomic E-state index is -0.435. The van der Waals surface area contributed by atoms with Crippen molar-refractivity contribution in [2.45, 2.75) is 45.4 Å². The Morgan fingerprint density at radius 1 is 0.846 bits per heavy atom. The van der Waals surface area contributed by atoms with Crippen molar-refractivity contribution in [2.75, 3.05) is 0 Å². The molecule has 0 aliphatic heterocycles. The zero-order valence-electron chi connectivity index (χ0n) is 15.3. The van der Waals surface area contributed by atoms with Gasteiger partial charge in [-0.1, -0.05) is 75.1 Å². The molecular formula is C24H24FN. The second-order valence-electron chi connectivity index (χ2n) is 6.84. The van der Waals surface area contributed by atoms with E-state index in [1.54, 1.807) is 12.1 Å². The molecule has 0 heterocycles. The van der Waals surface area contributed by atoms with Crippen LogP contribution in [0.25, 0.3) is 21.9 Å². The number of rotatable bonds is 7. The van der Waals surface area contributed by atoms with Gasteiger partial charge in [-0.3, -0.25) is 0 Å². The Hall–Kier alpha value is -2.66. The summed E-state index contributed by atoms with van der Waals surface area (Å²) < 4.78 is 14.2. The molecule has 0 radical (unpaired) electrons. The highest BCUT2D eigenvalue weighted by atomic mass is 19.1. The smallest absolute Gasteiger partial charge is 0.148 e. The molecule has 0 unspecified atom stereocenters. The van der Waals surface area contributed by atoms with Gasteiger partial charge in [0.05, 0.1) is 5.56 Å². The van der Waals surface area contributed by atoms with Gasteiger partial charge in [0.25, 0.3) is 0 Å². The number of fused-ring (bicyclic) bond motifs is 1. The van der Waals surface area contributed by atoms with E-state index in [-0.39, 0.29) is 5.56 Å². The highest BCUT2D eigenvalue weighted by Crippen LogP contribution is 2.27. The van der Waals surface area contributed by atoms with Gasteiger partial charge >= 0.3 is 0 Å². The van der Waals surface area contributed by atoms with Gasteiger partial charge in [-0.25, -0.2) is 4.39 Å². The van der Waals surface area contributed by atoms with Gasteiger partial charge in [0.1, 0.15) is 11.9 Å². The van der Waals surface area contributed by atoms with Crippen molar-refractivity contribution in [3.63, 3.8) is 0 Å². The van der Waals surface area contributed by atoms with Crippen LogP contribution >= 0.6 is 0 Å². The predicted octanol–water partition coefficient (Wildman–Crippen LogP) is 7.03. The molecule has 0 amide bonds. The Kier molecular flexibility index (Phi) is 6.02. The number of unbranched alkanes of at least 4 members (excludes halogenated alkanes) is 4. The first-order valence-electron chi connectivity index (χ1n) is 9.44. The molecule has 1 nitrogen and oxygen atoms in total. The molecule has 0 atom stereocenters. The van der Waals surface area contributed by atoms with Gasteiger partial charge in [-0.15, -0.1) is 0 Å². The van der Waals surface area contributed by atoms with Crippen LogP contribution in [0.3, 0.4) is 0 Å². The maximum Gasteiger partial charge on any atom is 0.148 e. The summed E-state index contributed by atoms with van der Waals surface area (Å²) in [5, 5.41) is 10.3. The molecule has 0 aliphatic carbocycles. The summed E-state index contributed by atoms with van der Waals surface area (Å²) in [6.07, 6.45) is 7.62. The lowest BCUT2D eigenvalue weighted by molar-refractivity contribution is 0.632. The van der Waals surface area contributed by atoms with E-state index in [9.17, 15) is 4.39 Å². The molecule has 0 saturated heterocycles. The van der Waals surface area contributed by atoms with E-state index in [1.165, 1.54) is 37.7 Å². The number of benzene rings is 3. The molecule has 0 aliphatic rings. The fraction of sp³-hybridized carbons (Fsp3) is 0.292. The van der Waals surface area contributed by atoms with Gasteiger partial charge < -0.3 is 0 Å². The monoisotopic (exact) mass is 345 g/mol. The quantitative estimate of drug-likeness (QED) is 0.422. The minimum absolute atomic E-state index is 0.0912. The summed E-state index contributed by atoms with van der Waals surface area (Å²) in [4.78, 5) is 0. The first-order valence-corrected chi connectivity index (χ1v) is 9.44. The predicted molar refractivity (Wildman–Crippen MR) is 107 cm³/mol. The number of aryl methyl sites for hydroxylation is 1. The van der Waals surface area contributed by atoms with Crippen molar-refractivity contribution in [1.29, 1.82) is 5.26 Å². The van der Waals surface area contributed by atoms with Gasteiger partial charge in [0.2, 0.25) is 0 Å². The van der Waals surface area contributed by atoms with Gasteiger partial charge in [0.15, 0.2) is 0 Å². The van der Waals surface area contributed by atoms with Crippen molar-refractivity contribution < 1.29 is 4.39 Å². The summed E-state index contributed by atoms with van der Waals surface area (Å²) >= 11 is 0. The van der Waals surface area contributed by atoms with Crippen molar-refractivity contribution in [1.82, 2.24) is 0 Å². The number of nitrogens with zero attached hydrogens (tertiary/aromatic N) is 1. The maximum absolute atomic E-state index is 14.2. The molecule has 2 heteroatoms. The fourth-order valence-corrected chi connectivity index (χ4v) is 3.35. The van der Waals surface area contributed by atoms with E-state index in [4.69, 9.17) is 5.26 Å². The molecule has 3 aromatic rings. The number of hydrogen-bond donors (Lipinski definition) is 0. The van der Waals surface area contributed by atoms with E-state index < -0.39 is 5.82 Å². The molecule has 3 aromatic carbocycles. The van der Waals surface area contributed by atoms with Crippen LogP contribution in [0.1, 0.15) is 50.2 Å². The van der Waals surface area contributed by atoms with E-state index >= 15 is 0 Å². The molecule has 26 heavy (non-hydrogen) atoms. The first-order chi connectivity index (χ1) is 12.7. The molecule has 3 rings (SSSR count). The molecule has 0 fully saturated rings. The van der Waals surface area contributed by atoms with Crippen molar-refractivity contribution in [2.24, 2.45) is 0 Å². The van der Waals surface area contributed by atoms with Crippen LogP contribution in [0.5, 0.6) is 0 Å². The number of halogens is 1. The van der Waals surface area contributed by atoms with Crippen molar-refractivity contribution >= 4 is 10.8 Å². The lowest BCUT2D eigenvalue weighted by atomic mass is 9.98. The van der Waals surface area contributed by atoms with E-state index in [2.05, 4.69) is 31.2 Å². The number of nitriles is 1. The largest absolute Gasteiger partial charge is 0.205 e. The third-order valence-corrected chi connectivity index (χ3v) is 4.93. The summed E-state index contributed by atoms with van der Waals surface area (Å²) in [5.41, 5.74) is 3.66. The summed E-state index contributed by atoms with van der Waals surface area (Å²) in [6.45, 7) is 2.24. The van der Waals surface area contributed by atoms with Crippen LogP contribution in [0, 0.1) is 17.1 Å². The Labute approximate surface area is 155 Å². The number of hydrogen-bond acceptors (Lipinski definition) is 1. The molecule has 0 N–H and O–H groups in total. The van der Waals surface area contributed by atoms with Crippen molar-refractivity contribution in [3.05, 3.63) is 71.5 Å². The second-order valence-corrected chi connectivity index (χ2v) is 6.84. The third-order valence-electron chi connectivity index (χ3n) is 4.93. The fourth-order valence-electron chi connectivity index (χ4n) is 3.35. The Morgan fingerprint density at radius 2 is 1.58 bits per heavy atom. The summed E-state index contributed by atoms with van der Waals surface area (Å²) in [5.74, 6) is -0.435. The average molecular weight is 345 g/mol. The van der Waals surface area contributed by atoms with Crippen LogP contribution < -0.4 is 0 Å². The normalized spacial score (nSPS) is 10.8. The zero-order valence-corrected chi connectivity index (χ0v) is 15.3. The molecule has 132 valence electrons. The zero-order chi connectivity index (χ0) is 18.4. The highest BCUT2D eigenvalue weighted by Gasteiger charge is 2.08.